The Kier molecular flexibility index (Phi) is 8.47. The number of thiazole rings is 1. The molecule has 216 valence electrons. The molecule has 1 aliphatic heterocycles. The number of aromatic nitrogens is 1. The first-order chi connectivity index (χ1) is 20.8. The van der Waals surface area contributed by atoms with Gasteiger partial charge in [0.2, 0.25) is 0 Å². The van der Waals surface area contributed by atoms with Crippen LogP contribution in [0.3, 0.4) is 0 Å². The molecule has 43 heavy (non-hydrogen) atoms. The number of allylic oxidation sites excluding steroid dienone is 1. The van der Waals surface area contributed by atoms with Gasteiger partial charge in [0.25, 0.3) is 5.56 Å². The van der Waals surface area contributed by atoms with Crippen LogP contribution in [0, 0.1) is 0 Å². The highest BCUT2D eigenvalue weighted by Gasteiger charge is 2.34. The molecule has 1 aliphatic rings. The first-order valence-corrected chi connectivity index (χ1v) is 16.1. The van der Waals surface area contributed by atoms with Gasteiger partial charge in [-0.1, -0.05) is 87.9 Å². The summed E-state index contributed by atoms with van der Waals surface area (Å²) in [6.07, 6.45) is 1.84. The fourth-order valence-corrected chi connectivity index (χ4v) is 7.01. The third kappa shape index (κ3) is 5.89. The zero-order chi connectivity index (χ0) is 30.1. The highest BCUT2D eigenvalue weighted by atomic mass is 79.9. The maximum atomic E-state index is 14.1. The Bertz CT molecular complexity index is 2080. The molecular weight excluding hydrogens is 692 g/mol. The smallest absolute Gasteiger partial charge is 0.338 e. The Morgan fingerprint density at radius 3 is 2.56 bits per heavy atom. The van der Waals surface area contributed by atoms with Crippen molar-refractivity contribution in [1.82, 2.24) is 4.57 Å². The second-order valence-corrected chi connectivity index (χ2v) is 12.8. The Labute approximate surface area is 268 Å². The molecule has 0 aliphatic carbocycles. The van der Waals surface area contributed by atoms with Crippen LogP contribution in [0.4, 0.5) is 0 Å². The lowest BCUT2D eigenvalue weighted by molar-refractivity contribution is -0.139. The van der Waals surface area contributed by atoms with E-state index in [4.69, 9.17) is 14.5 Å². The molecule has 0 N–H and O–H groups in total. The Morgan fingerprint density at radius 2 is 1.79 bits per heavy atom. The number of carbonyl (C=O) groups is 1. The van der Waals surface area contributed by atoms with E-state index in [1.54, 1.807) is 18.4 Å². The van der Waals surface area contributed by atoms with Crippen LogP contribution in [-0.2, 0) is 16.1 Å². The van der Waals surface area contributed by atoms with Crippen LogP contribution in [0.2, 0.25) is 0 Å². The number of nitrogens with zero attached hydrogens (tertiary/aromatic N) is 2. The summed E-state index contributed by atoms with van der Waals surface area (Å²) in [5.41, 5.74) is 3.42. The molecule has 6 nitrogen and oxygen atoms in total. The zero-order valence-corrected chi connectivity index (χ0v) is 27.3. The summed E-state index contributed by atoms with van der Waals surface area (Å²) in [5, 5.41) is 1.98. The van der Waals surface area contributed by atoms with Gasteiger partial charge in [-0.2, -0.15) is 0 Å². The predicted octanol–water partition coefficient (Wildman–Crippen LogP) is 7.06. The molecule has 0 radical (unpaired) electrons. The third-order valence-electron chi connectivity index (χ3n) is 7.20. The van der Waals surface area contributed by atoms with Gasteiger partial charge in [-0.05, 0) is 87.6 Å². The summed E-state index contributed by atoms with van der Waals surface area (Å²) in [5.74, 6) is 0.228. The summed E-state index contributed by atoms with van der Waals surface area (Å²) in [6, 6.07) is 26.9. The molecule has 0 saturated carbocycles. The fourth-order valence-electron chi connectivity index (χ4n) is 5.19. The molecule has 1 atom stereocenters. The van der Waals surface area contributed by atoms with E-state index >= 15 is 0 Å². The molecule has 0 bridgehead atoms. The van der Waals surface area contributed by atoms with E-state index in [0.717, 1.165) is 36.4 Å². The van der Waals surface area contributed by atoms with Gasteiger partial charge in [-0.25, -0.2) is 9.79 Å². The van der Waals surface area contributed by atoms with Crippen LogP contribution in [-0.4, -0.2) is 17.1 Å². The van der Waals surface area contributed by atoms with Crippen molar-refractivity contribution in [3.05, 3.63) is 142 Å². The minimum atomic E-state index is -0.676. The number of rotatable bonds is 7. The molecule has 0 saturated heterocycles. The Balaban J connectivity index is 1.41. The first kappa shape index (κ1) is 29.3. The van der Waals surface area contributed by atoms with Gasteiger partial charge < -0.3 is 9.47 Å². The van der Waals surface area contributed by atoms with Crippen LogP contribution in [0.25, 0.3) is 16.8 Å². The monoisotopic (exact) mass is 716 g/mol. The Morgan fingerprint density at radius 1 is 1.02 bits per heavy atom. The van der Waals surface area contributed by atoms with Gasteiger partial charge >= 0.3 is 5.97 Å². The second kappa shape index (κ2) is 12.4. The normalized spacial score (nSPS) is 14.9. The molecule has 0 spiro atoms. The van der Waals surface area contributed by atoms with E-state index in [2.05, 4.69) is 31.9 Å². The molecule has 0 unspecified atom stereocenters. The standard InChI is InChI=1S/C34H26Br2N2O4S/c1-3-41-33(40)30-20(2)37-34-38(31(30)26-10-6-8-23-7-4-5-9-25(23)26)32(39)29(43-34)18-22-13-16-28(27(36)17-22)42-19-21-11-14-24(35)15-12-21/h4-18,31H,3,19H2,1-2H3/b29-18+/t31-/m0/s1. The summed E-state index contributed by atoms with van der Waals surface area (Å²) >= 11 is 8.37. The second-order valence-electron chi connectivity index (χ2n) is 9.98. The van der Waals surface area contributed by atoms with Crippen LogP contribution >= 0.6 is 43.2 Å². The number of fused-ring (bicyclic) bond motifs is 2. The number of hydrogen-bond donors (Lipinski definition) is 0. The van der Waals surface area contributed by atoms with Crippen molar-refractivity contribution in [3.8, 4) is 5.75 Å². The lowest BCUT2D eigenvalue weighted by atomic mass is 9.91. The largest absolute Gasteiger partial charge is 0.488 e. The van der Waals surface area contributed by atoms with E-state index in [1.807, 2.05) is 91.0 Å². The average molecular weight is 718 g/mol. The number of carbonyl (C=O) groups excluding carboxylic acids is 1. The van der Waals surface area contributed by atoms with Crippen molar-refractivity contribution < 1.29 is 14.3 Å². The van der Waals surface area contributed by atoms with Gasteiger partial charge in [0, 0.05) is 4.47 Å². The summed E-state index contributed by atoms with van der Waals surface area (Å²) < 4.78 is 15.4. The molecule has 4 aromatic carbocycles. The summed E-state index contributed by atoms with van der Waals surface area (Å²) in [7, 11) is 0. The highest BCUT2D eigenvalue weighted by Crippen LogP contribution is 2.35. The van der Waals surface area contributed by atoms with Crippen molar-refractivity contribution in [2.45, 2.75) is 26.5 Å². The van der Waals surface area contributed by atoms with Gasteiger partial charge in [0.1, 0.15) is 12.4 Å². The molecule has 1 aromatic heterocycles. The zero-order valence-electron chi connectivity index (χ0n) is 23.3. The molecule has 2 heterocycles. The molecule has 5 aromatic rings. The quantitative estimate of drug-likeness (QED) is 0.169. The number of halogens is 2. The van der Waals surface area contributed by atoms with Crippen molar-refractivity contribution in [2.24, 2.45) is 4.99 Å². The average Bonchev–Trinajstić information content (AvgIpc) is 3.30. The molecule has 6 rings (SSSR count). The van der Waals surface area contributed by atoms with E-state index in [0.29, 0.717) is 33.0 Å². The van der Waals surface area contributed by atoms with Crippen LogP contribution in [0.5, 0.6) is 5.75 Å². The molecular formula is C34H26Br2N2O4S. The van der Waals surface area contributed by atoms with Crippen LogP contribution in [0.1, 0.15) is 36.6 Å². The van der Waals surface area contributed by atoms with Crippen LogP contribution < -0.4 is 19.6 Å². The van der Waals surface area contributed by atoms with Gasteiger partial charge in [0.05, 0.1) is 32.9 Å². The maximum Gasteiger partial charge on any atom is 0.338 e. The minimum Gasteiger partial charge on any atom is -0.488 e. The van der Waals surface area contributed by atoms with E-state index in [9.17, 15) is 9.59 Å². The number of esters is 1. The molecule has 0 fully saturated rings. The van der Waals surface area contributed by atoms with Gasteiger partial charge in [-0.15, -0.1) is 0 Å². The maximum absolute atomic E-state index is 14.1. The summed E-state index contributed by atoms with van der Waals surface area (Å²) in [6.45, 7) is 4.22. The van der Waals surface area contributed by atoms with Crippen molar-refractivity contribution in [1.29, 1.82) is 0 Å². The van der Waals surface area contributed by atoms with Gasteiger partial charge in [-0.3, -0.25) is 9.36 Å². The first-order valence-electron chi connectivity index (χ1n) is 13.7. The Hall–Kier alpha value is -3.79. The van der Waals surface area contributed by atoms with Crippen LogP contribution in [0.15, 0.2) is 115 Å². The molecule has 9 heteroatoms. The topological polar surface area (TPSA) is 69.9 Å². The van der Waals surface area contributed by atoms with E-state index in [-0.39, 0.29) is 12.2 Å². The van der Waals surface area contributed by atoms with Crippen molar-refractivity contribution in [3.63, 3.8) is 0 Å². The number of ether oxygens (including phenoxy) is 2. The summed E-state index contributed by atoms with van der Waals surface area (Å²) in [4.78, 5) is 32.6. The third-order valence-corrected chi connectivity index (χ3v) is 9.33. The lowest BCUT2D eigenvalue weighted by Gasteiger charge is -2.25. The number of hydrogen-bond acceptors (Lipinski definition) is 6. The minimum absolute atomic E-state index is 0.220. The van der Waals surface area contributed by atoms with E-state index in [1.165, 1.54) is 11.3 Å². The highest BCUT2D eigenvalue weighted by molar-refractivity contribution is 9.10. The number of benzene rings is 4. The fraction of sp³-hybridized carbons (Fsp3) is 0.147. The van der Waals surface area contributed by atoms with Crippen molar-refractivity contribution >= 4 is 66.0 Å². The van der Waals surface area contributed by atoms with Gasteiger partial charge in [0.15, 0.2) is 4.80 Å². The SMILES string of the molecule is CCOC(=O)C1=C(C)N=c2s/c(=C/c3ccc(OCc4ccc(Br)cc4)c(Br)c3)c(=O)n2[C@H]1c1cccc2ccccc12. The van der Waals surface area contributed by atoms with E-state index < -0.39 is 12.0 Å². The van der Waals surface area contributed by atoms with Crippen molar-refractivity contribution in [2.75, 3.05) is 6.61 Å². The molecule has 0 amide bonds. The predicted molar refractivity (Wildman–Crippen MR) is 177 cm³/mol. The lowest BCUT2D eigenvalue weighted by Crippen LogP contribution is -2.40.